The molecule has 162 valence electrons. The molecule has 7 nitrogen and oxygen atoms in total. The molecule has 1 aliphatic heterocycles. The first-order valence-corrected chi connectivity index (χ1v) is 9.79. The number of halogens is 2. The van der Waals surface area contributed by atoms with Gasteiger partial charge in [0.15, 0.2) is 17.6 Å². The predicted molar refractivity (Wildman–Crippen MR) is 128 cm³/mol. The second kappa shape index (κ2) is 12.3. The molecule has 2 heterocycles. The first-order chi connectivity index (χ1) is 14.2. The minimum absolute atomic E-state index is 0. The number of anilines is 1. The van der Waals surface area contributed by atoms with Crippen LogP contribution in [0.15, 0.2) is 53.7 Å². The van der Waals surface area contributed by atoms with Crippen LogP contribution in [0.25, 0.3) is 0 Å². The quantitative estimate of drug-likeness (QED) is 0.292. The van der Waals surface area contributed by atoms with Gasteiger partial charge >= 0.3 is 0 Å². The molecular formula is C21H28FIN6O. The molecule has 1 fully saturated rings. The molecule has 1 aliphatic rings. The molecule has 30 heavy (non-hydrogen) atoms. The van der Waals surface area contributed by atoms with Crippen molar-refractivity contribution in [1.82, 2.24) is 20.9 Å². The number of nitrogens with one attached hydrogen (secondary N) is 3. The van der Waals surface area contributed by atoms with E-state index in [0.717, 1.165) is 12.8 Å². The summed E-state index contributed by atoms with van der Waals surface area (Å²) < 4.78 is 13.9. The maximum Gasteiger partial charge on any atom is 0.239 e. The molecule has 1 unspecified atom stereocenters. The third kappa shape index (κ3) is 7.12. The van der Waals surface area contributed by atoms with Gasteiger partial charge in [-0.1, -0.05) is 30.3 Å². The van der Waals surface area contributed by atoms with Crippen molar-refractivity contribution in [1.29, 1.82) is 0 Å². The second-order valence-corrected chi connectivity index (χ2v) is 6.90. The maximum absolute atomic E-state index is 13.9. The zero-order valence-corrected chi connectivity index (χ0v) is 19.3. The highest BCUT2D eigenvalue weighted by Crippen LogP contribution is 2.20. The summed E-state index contributed by atoms with van der Waals surface area (Å²) in [5.74, 6) is 0.518. The third-order valence-corrected chi connectivity index (χ3v) is 4.79. The number of amides is 1. The smallest absolute Gasteiger partial charge is 0.239 e. The summed E-state index contributed by atoms with van der Waals surface area (Å²) in [6.45, 7) is 2.06. The molecule has 0 bridgehead atoms. The molecular weight excluding hydrogens is 498 g/mol. The van der Waals surface area contributed by atoms with Gasteiger partial charge in [0.05, 0.1) is 6.54 Å². The summed E-state index contributed by atoms with van der Waals surface area (Å²) in [5, 5.41) is 9.22. The summed E-state index contributed by atoms with van der Waals surface area (Å²) in [5.41, 5.74) is 1.19. The number of carbonyl (C=O) groups excluding carboxylic acids is 1. The van der Waals surface area contributed by atoms with Crippen molar-refractivity contribution in [2.24, 2.45) is 4.99 Å². The van der Waals surface area contributed by atoms with Crippen molar-refractivity contribution in [3.05, 3.63) is 60.0 Å². The molecule has 0 aliphatic carbocycles. The van der Waals surface area contributed by atoms with E-state index >= 15 is 0 Å². The lowest BCUT2D eigenvalue weighted by molar-refractivity contribution is -0.119. The lowest BCUT2D eigenvalue weighted by Gasteiger charge is -2.19. The predicted octanol–water partition coefficient (Wildman–Crippen LogP) is 1.94. The van der Waals surface area contributed by atoms with Crippen LogP contribution in [-0.2, 0) is 11.2 Å². The second-order valence-electron chi connectivity index (χ2n) is 6.90. The van der Waals surface area contributed by atoms with Crippen LogP contribution in [0.5, 0.6) is 0 Å². The third-order valence-electron chi connectivity index (χ3n) is 4.79. The van der Waals surface area contributed by atoms with Crippen LogP contribution in [0.2, 0.25) is 0 Å². The first-order valence-electron chi connectivity index (χ1n) is 9.79. The Morgan fingerprint density at radius 3 is 2.77 bits per heavy atom. The summed E-state index contributed by atoms with van der Waals surface area (Å²) in [7, 11) is 1.66. The van der Waals surface area contributed by atoms with E-state index in [9.17, 15) is 9.18 Å². The van der Waals surface area contributed by atoms with Gasteiger partial charge in [-0.3, -0.25) is 9.79 Å². The van der Waals surface area contributed by atoms with Crippen molar-refractivity contribution in [3.8, 4) is 0 Å². The number of guanidine groups is 1. The highest BCUT2D eigenvalue weighted by molar-refractivity contribution is 14.0. The average molecular weight is 526 g/mol. The summed E-state index contributed by atoms with van der Waals surface area (Å²) in [4.78, 5) is 22.3. The zero-order valence-electron chi connectivity index (χ0n) is 17.0. The lowest BCUT2D eigenvalue weighted by atomic mass is 10.1. The standard InChI is InChI=1S/C21H27FN6O.HI/c1-23-21(26-14-19(29)24-12-9-16-6-3-2-4-7-16)27-17-10-13-28(15-17)20-18(22)8-5-11-25-20;/h2-8,11,17H,9-10,12-15H2,1H3,(H,24,29)(H2,23,26,27);1H. The van der Waals surface area contributed by atoms with Crippen LogP contribution in [0.3, 0.4) is 0 Å². The van der Waals surface area contributed by atoms with Crippen molar-refractivity contribution >= 4 is 41.7 Å². The largest absolute Gasteiger partial charge is 0.354 e. The molecule has 1 amide bonds. The highest BCUT2D eigenvalue weighted by Gasteiger charge is 2.26. The van der Waals surface area contributed by atoms with E-state index in [4.69, 9.17) is 0 Å². The fourth-order valence-corrected chi connectivity index (χ4v) is 3.29. The Morgan fingerprint density at radius 1 is 1.23 bits per heavy atom. The van der Waals surface area contributed by atoms with Crippen molar-refractivity contribution < 1.29 is 9.18 Å². The van der Waals surface area contributed by atoms with Crippen LogP contribution >= 0.6 is 24.0 Å². The molecule has 2 aromatic rings. The Labute approximate surface area is 193 Å². The van der Waals surface area contributed by atoms with Gasteiger partial charge in [-0.25, -0.2) is 9.37 Å². The minimum atomic E-state index is -0.317. The van der Waals surface area contributed by atoms with E-state index in [-0.39, 0.29) is 48.3 Å². The Morgan fingerprint density at radius 2 is 2.03 bits per heavy atom. The van der Waals surface area contributed by atoms with Crippen molar-refractivity contribution in [3.63, 3.8) is 0 Å². The Kier molecular flexibility index (Phi) is 9.78. The minimum Gasteiger partial charge on any atom is -0.354 e. The van der Waals surface area contributed by atoms with E-state index in [0.29, 0.717) is 31.4 Å². The molecule has 1 atom stereocenters. The van der Waals surface area contributed by atoms with Gasteiger partial charge in [0.2, 0.25) is 5.91 Å². The lowest BCUT2D eigenvalue weighted by Crippen LogP contribution is -2.47. The molecule has 0 spiro atoms. The van der Waals surface area contributed by atoms with Gasteiger partial charge < -0.3 is 20.9 Å². The van der Waals surface area contributed by atoms with E-state index in [1.54, 1.807) is 19.3 Å². The van der Waals surface area contributed by atoms with E-state index in [2.05, 4.69) is 25.9 Å². The maximum atomic E-state index is 13.9. The number of benzene rings is 1. The average Bonchev–Trinajstić information content (AvgIpc) is 3.20. The molecule has 0 radical (unpaired) electrons. The summed E-state index contributed by atoms with van der Waals surface area (Å²) >= 11 is 0. The molecule has 0 saturated carbocycles. The highest BCUT2D eigenvalue weighted by atomic mass is 127. The molecule has 1 aromatic carbocycles. The monoisotopic (exact) mass is 526 g/mol. The number of pyridine rings is 1. The Balaban J connectivity index is 0.00000320. The Hall–Kier alpha value is -2.43. The number of hydrogen-bond donors (Lipinski definition) is 3. The number of aliphatic imine (C=N–C) groups is 1. The first kappa shape index (κ1) is 23.8. The van der Waals surface area contributed by atoms with Crippen molar-refractivity contribution in [2.75, 3.05) is 38.1 Å². The van der Waals surface area contributed by atoms with Crippen LogP contribution in [0, 0.1) is 5.82 Å². The Bertz CT molecular complexity index is 835. The fourth-order valence-electron chi connectivity index (χ4n) is 3.29. The summed E-state index contributed by atoms with van der Waals surface area (Å²) in [6, 6.07) is 13.1. The van der Waals surface area contributed by atoms with Gasteiger partial charge in [0.25, 0.3) is 0 Å². The van der Waals surface area contributed by atoms with E-state index in [1.165, 1.54) is 11.6 Å². The number of rotatable bonds is 7. The van der Waals surface area contributed by atoms with Gasteiger partial charge in [-0.2, -0.15) is 0 Å². The molecule has 1 saturated heterocycles. The normalized spacial score (nSPS) is 16.0. The van der Waals surface area contributed by atoms with Crippen LogP contribution < -0.4 is 20.9 Å². The number of nitrogens with zero attached hydrogens (tertiary/aromatic N) is 3. The molecule has 3 rings (SSSR count). The van der Waals surface area contributed by atoms with Crippen LogP contribution in [0.4, 0.5) is 10.2 Å². The van der Waals surface area contributed by atoms with E-state index in [1.807, 2.05) is 35.2 Å². The van der Waals surface area contributed by atoms with Crippen LogP contribution in [0.1, 0.15) is 12.0 Å². The number of hydrogen-bond acceptors (Lipinski definition) is 4. The van der Waals surface area contributed by atoms with Crippen LogP contribution in [-0.4, -0.2) is 56.1 Å². The number of aromatic nitrogens is 1. The zero-order chi connectivity index (χ0) is 20.5. The number of carbonyl (C=O) groups is 1. The SMILES string of the molecule is CN=C(NCC(=O)NCCc1ccccc1)NC1CCN(c2ncccc2F)C1.I. The van der Waals surface area contributed by atoms with Gasteiger partial charge in [-0.05, 0) is 30.5 Å². The van der Waals surface area contributed by atoms with E-state index < -0.39 is 0 Å². The fraction of sp³-hybridized carbons (Fsp3) is 0.381. The molecule has 1 aromatic heterocycles. The van der Waals surface area contributed by atoms with Crippen molar-refractivity contribution in [2.45, 2.75) is 18.9 Å². The molecule has 9 heteroatoms. The topological polar surface area (TPSA) is 81.6 Å². The van der Waals surface area contributed by atoms with Gasteiger partial charge in [0, 0.05) is 38.9 Å². The molecule has 3 N–H and O–H groups in total. The van der Waals surface area contributed by atoms with Gasteiger partial charge in [-0.15, -0.1) is 24.0 Å². The summed E-state index contributed by atoms with van der Waals surface area (Å²) in [6.07, 6.45) is 3.22. The van der Waals surface area contributed by atoms with Gasteiger partial charge in [0.1, 0.15) is 0 Å².